The summed E-state index contributed by atoms with van der Waals surface area (Å²) in [7, 11) is 2.99. The van der Waals surface area contributed by atoms with Gasteiger partial charge >= 0.3 is 5.97 Å². The van der Waals surface area contributed by atoms with Crippen molar-refractivity contribution in [2.45, 2.75) is 38.5 Å². The van der Waals surface area contributed by atoms with Crippen LogP contribution in [0.2, 0.25) is 0 Å². The van der Waals surface area contributed by atoms with Crippen LogP contribution in [0.3, 0.4) is 0 Å². The maximum atomic E-state index is 13.5. The van der Waals surface area contributed by atoms with Crippen LogP contribution in [0.1, 0.15) is 49.0 Å². The minimum absolute atomic E-state index is 0.00906. The van der Waals surface area contributed by atoms with Crippen molar-refractivity contribution in [1.29, 1.82) is 0 Å². The molecule has 2 heterocycles. The van der Waals surface area contributed by atoms with E-state index >= 15 is 0 Å². The zero-order chi connectivity index (χ0) is 22.8. The molecule has 0 fully saturated rings. The molecule has 1 aromatic heterocycles. The molecule has 0 bridgehead atoms. The zero-order valence-corrected chi connectivity index (χ0v) is 19.5. The molecule has 0 saturated heterocycles. The summed E-state index contributed by atoms with van der Waals surface area (Å²) in [6.45, 7) is 4.35. The van der Waals surface area contributed by atoms with Crippen molar-refractivity contribution in [2.24, 2.45) is 0 Å². The van der Waals surface area contributed by atoms with Crippen molar-refractivity contribution in [2.75, 3.05) is 20.8 Å². The van der Waals surface area contributed by atoms with Gasteiger partial charge in [-0.1, -0.05) is 12.1 Å². The highest BCUT2D eigenvalue weighted by Gasteiger charge is 2.41. The van der Waals surface area contributed by atoms with Gasteiger partial charge in [-0.15, -0.1) is 11.3 Å². The minimum Gasteiger partial charge on any atom is -0.493 e. The number of ether oxygens (including phenoxy) is 3. The smallest absolute Gasteiger partial charge is 0.336 e. The standard InChI is InChI=1S/C25H27NO5S/c1-5-31-19-9-8-15(13-20(19)29-3)16-11-17-23(18(27)12-16)24(21-7-6-10-32-21)22(14(2)26-17)25(28)30-4/h6-10,13,16,24,26H,5,11-12H2,1-4H3/t16-,24+/m0/s1. The molecule has 2 atom stereocenters. The van der Waals surface area contributed by atoms with E-state index in [1.54, 1.807) is 18.4 Å². The van der Waals surface area contributed by atoms with Gasteiger partial charge in [0.1, 0.15) is 0 Å². The summed E-state index contributed by atoms with van der Waals surface area (Å²) in [5.41, 5.74) is 3.81. The molecule has 1 aliphatic carbocycles. The number of methoxy groups -OCH3 is 2. The lowest BCUT2D eigenvalue weighted by atomic mass is 9.73. The molecule has 0 unspecified atom stereocenters. The number of dihydropyridines is 1. The van der Waals surface area contributed by atoms with Crippen LogP contribution in [-0.2, 0) is 14.3 Å². The average molecular weight is 454 g/mol. The molecule has 2 aromatic rings. The van der Waals surface area contributed by atoms with Gasteiger partial charge in [-0.05, 0) is 55.3 Å². The van der Waals surface area contributed by atoms with E-state index in [9.17, 15) is 9.59 Å². The highest BCUT2D eigenvalue weighted by molar-refractivity contribution is 7.10. The summed E-state index contributed by atoms with van der Waals surface area (Å²) in [6.07, 6.45) is 1.04. The van der Waals surface area contributed by atoms with E-state index in [1.165, 1.54) is 7.11 Å². The predicted octanol–water partition coefficient (Wildman–Crippen LogP) is 4.69. The van der Waals surface area contributed by atoms with Gasteiger partial charge in [-0.3, -0.25) is 4.79 Å². The Kier molecular flexibility index (Phi) is 6.37. The number of benzene rings is 1. The van der Waals surface area contributed by atoms with Crippen molar-refractivity contribution in [3.8, 4) is 11.5 Å². The molecular weight excluding hydrogens is 426 g/mol. The van der Waals surface area contributed by atoms with Crippen LogP contribution in [0.25, 0.3) is 0 Å². The van der Waals surface area contributed by atoms with Gasteiger partial charge in [-0.25, -0.2) is 4.79 Å². The second-order valence-electron chi connectivity index (χ2n) is 7.87. The molecule has 1 aliphatic heterocycles. The molecule has 4 rings (SSSR count). The van der Waals surface area contributed by atoms with Gasteiger partial charge < -0.3 is 19.5 Å². The largest absolute Gasteiger partial charge is 0.493 e. The third-order valence-electron chi connectivity index (χ3n) is 6.02. The number of carbonyl (C=O) groups is 2. The lowest BCUT2D eigenvalue weighted by molar-refractivity contribution is -0.136. The fourth-order valence-electron chi connectivity index (χ4n) is 4.61. The molecule has 1 N–H and O–H groups in total. The zero-order valence-electron chi connectivity index (χ0n) is 18.7. The Labute approximate surface area is 191 Å². The summed E-state index contributed by atoms with van der Waals surface area (Å²) >= 11 is 1.54. The van der Waals surface area contributed by atoms with Crippen molar-refractivity contribution in [3.63, 3.8) is 0 Å². The Hall–Kier alpha value is -3.06. The SMILES string of the molecule is CCOc1ccc([C@@H]2CC(=O)C3=C(C2)NC(C)=C(C(=O)OC)[C@H]3c2cccs2)cc1OC. The van der Waals surface area contributed by atoms with Crippen LogP contribution in [0.4, 0.5) is 0 Å². The number of hydrogen-bond acceptors (Lipinski definition) is 7. The molecule has 7 heteroatoms. The van der Waals surface area contributed by atoms with E-state index in [2.05, 4.69) is 5.32 Å². The van der Waals surface area contributed by atoms with Gasteiger partial charge in [0.25, 0.3) is 0 Å². The Bertz CT molecular complexity index is 1100. The fourth-order valence-corrected chi connectivity index (χ4v) is 5.45. The third-order valence-corrected chi connectivity index (χ3v) is 6.96. The van der Waals surface area contributed by atoms with E-state index < -0.39 is 11.9 Å². The van der Waals surface area contributed by atoms with Gasteiger partial charge in [-0.2, -0.15) is 0 Å². The molecule has 168 valence electrons. The number of carbonyl (C=O) groups excluding carboxylic acids is 2. The summed E-state index contributed by atoms with van der Waals surface area (Å²) in [6, 6.07) is 9.76. The lowest BCUT2D eigenvalue weighted by Crippen LogP contribution is -2.35. The maximum absolute atomic E-state index is 13.5. The predicted molar refractivity (Wildman–Crippen MR) is 123 cm³/mol. The molecule has 0 amide bonds. The second-order valence-corrected chi connectivity index (χ2v) is 8.85. The number of Topliss-reactive ketones (excluding diaryl/α,β-unsaturated/α-hetero) is 1. The Morgan fingerprint density at radius 2 is 2.00 bits per heavy atom. The maximum Gasteiger partial charge on any atom is 0.336 e. The van der Waals surface area contributed by atoms with Crippen LogP contribution in [0.5, 0.6) is 11.5 Å². The first kappa shape index (κ1) is 22.1. The van der Waals surface area contributed by atoms with Crippen LogP contribution < -0.4 is 14.8 Å². The molecule has 0 spiro atoms. The second kappa shape index (κ2) is 9.20. The molecule has 32 heavy (non-hydrogen) atoms. The van der Waals surface area contributed by atoms with E-state index in [-0.39, 0.29) is 11.7 Å². The Morgan fingerprint density at radius 3 is 2.66 bits per heavy atom. The molecule has 1 aromatic carbocycles. The highest BCUT2D eigenvalue weighted by atomic mass is 32.1. The van der Waals surface area contributed by atoms with E-state index in [1.807, 2.05) is 49.6 Å². The molecule has 6 nitrogen and oxygen atoms in total. The van der Waals surface area contributed by atoms with Crippen LogP contribution in [-0.4, -0.2) is 32.6 Å². The first-order valence-corrected chi connectivity index (χ1v) is 11.5. The van der Waals surface area contributed by atoms with Crippen LogP contribution in [0, 0.1) is 0 Å². The number of allylic oxidation sites excluding steroid dienone is 3. The van der Waals surface area contributed by atoms with Gasteiger partial charge in [0.2, 0.25) is 0 Å². The number of esters is 1. The first-order valence-electron chi connectivity index (χ1n) is 10.6. The number of hydrogen-bond donors (Lipinski definition) is 1. The number of thiophene rings is 1. The van der Waals surface area contributed by atoms with Crippen molar-refractivity contribution in [1.82, 2.24) is 5.32 Å². The average Bonchev–Trinajstić information content (AvgIpc) is 3.32. The summed E-state index contributed by atoms with van der Waals surface area (Å²) < 4.78 is 16.2. The van der Waals surface area contributed by atoms with Crippen LogP contribution in [0.15, 0.2) is 58.3 Å². The number of nitrogens with one attached hydrogen (secondary N) is 1. The lowest BCUT2D eigenvalue weighted by Gasteiger charge is -2.36. The number of rotatable bonds is 6. The van der Waals surface area contributed by atoms with Crippen molar-refractivity contribution < 1.29 is 23.8 Å². The summed E-state index contributed by atoms with van der Waals surface area (Å²) in [5.74, 6) is 0.594. The van der Waals surface area contributed by atoms with Gasteiger partial charge in [0.05, 0.1) is 32.3 Å². The number of ketones is 1. The van der Waals surface area contributed by atoms with E-state index in [4.69, 9.17) is 14.2 Å². The normalized spacial score (nSPS) is 20.6. The van der Waals surface area contributed by atoms with Crippen LogP contribution >= 0.6 is 11.3 Å². The first-order chi connectivity index (χ1) is 15.5. The molecule has 0 saturated carbocycles. The van der Waals surface area contributed by atoms with E-state index in [0.717, 1.165) is 21.8 Å². The van der Waals surface area contributed by atoms with Gasteiger partial charge in [0, 0.05) is 28.3 Å². The van der Waals surface area contributed by atoms with Gasteiger partial charge in [0.15, 0.2) is 17.3 Å². The van der Waals surface area contributed by atoms with E-state index in [0.29, 0.717) is 42.1 Å². The Morgan fingerprint density at radius 1 is 1.19 bits per heavy atom. The Balaban J connectivity index is 1.72. The minimum atomic E-state index is -0.411. The highest BCUT2D eigenvalue weighted by Crippen LogP contribution is 2.47. The topological polar surface area (TPSA) is 73.9 Å². The molecular formula is C25H27NO5S. The van der Waals surface area contributed by atoms with Crippen molar-refractivity contribution >= 4 is 23.1 Å². The molecule has 2 aliphatic rings. The van der Waals surface area contributed by atoms with Crippen molar-refractivity contribution in [3.05, 3.63) is 68.7 Å². The fraction of sp³-hybridized carbons (Fsp3) is 0.360. The quantitative estimate of drug-likeness (QED) is 0.640. The monoisotopic (exact) mass is 453 g/mol. The summed E-state index contributed by atoms with van der Waals surface area (Å²) in [5, 5.41) is 5.31. The molecule has 0 radical (unpaired) electrons. The summed E-state index contributed by atoms with van der Waals surface area (Å²) in [4.78, 5) is 27.1. The third kappa shape index (κ3) is 3.93.